The van der Waals surface area contributed by atoms with Crippen molar-refractivity contribution in [1.29, 1.82) is 0 Å². The molecule has 0 saturated carbocycles. The third-order valence-corrected chi connectivity index (χ3v) is 0.342. The van der Waals surface area contributed by atoms with Crippen LogP contribution in [0.25, 0.3) is 0 Å². The van der Waals surface area contributed by atoms with Crippen molar-refractivity contribution in [2.75, 3.05) is 0 Å². The van der Waals surface area contributed by atoms with Crippen LogP contribution in [0, 0.1) is 0 Å². The molecule has 0 aliphatic rings. The molecule has 0 aromatic heterocycles. The van der Waals surface area contributed by atoms with E-state index in [0.29, 0.717) is 0 Å². The number of hydrogen-bond acceptors (Lipinski definition) is 1. The topological polar surface area (TPSA) is 29.1 Å². The lowest BCUT2D eigenvalue weighted by Gasteiger charge is -2.04. The third-order valence-electron chi connectivity index (χ3n) is 0.342. The van der Waals surface area contributed by atoms with Crippen LogP contribution in [-0.4, -0.2) is 12.5 Å². The van der Waals surface area contributed by atoms with Gasteiger partial charge in [-0.05, 0) is 5.26 Å². The fourth-order valence-corrected chi connectivity index (χ4v) is 0.0546. The van der Waals surface area contributed by atoms with Crippen molar-refractivity contribution in [3.63, 3.8) is 0 Å². The molecular weight excluding hydrogens is 132 g/mol. The molecule has 0 rings (SSSR count). The quantitative estimate of drug-likeness (QED) is 0.300. The van der Waals surface area contributed by atoms with E-state index in [-0.39, 0.29) is 0 Å². The fraction of sp³-hybridized carbons (Fsp3) is 1.00. The average molecular weight is 133 g/mol. The molecule has 0 aliphatic carbocycles. The van der Waals surface area contributed by atoms with Crippen LogP contribution in [0.3, 0.4) is 0 Å². The summed E-state index contributed by atoms with van der Waals surface area (Å²) in [5.74, 6) is 0. The SMILES string of the molecule is [O]OC(F)C(F)(F)F. The number of halogens is 4. The Labute approximate surface area is 41.6 Å². The molecule has 1 atom stereocenters. The minimum absolute atomic E-state index is 2.07. The summed E-state index contributed by atoms with van der Waals surface area (Å²) < 4.78 is 43.2. The maximum atomic E-state index is 11.0. The molecule has 1 unspecified atom stereocenters. The van der Waals surface area contributed by atoms with E-state index < -0.39 is 12.5 Å². The van der Waals surface area contributed by atoms with Gasteiger partial charge in [-0.1, -0.05) is 0 Å². The average Bonchev–Trinajstić information content (AvgIpc) is 1.62. The van der Waals surface area contributed by atoms with Crippen molar-refractivity contribution in [3.8, 4) is 0 Å². The van der Waals surface area contributed by atoms with Crippen molar-refractivity contribution in [2.24, 2.45) is 0 Å². The maximum Gasteiger partial charge on any atom is 0.448 e. The lowest BCUT2D eigenvalue weighted by Crippen LogP contribution is -2.25. The number of hydrogen-bond donors (Lipinski definition) is 0. The van der Waals surface area contributed by atoms with Gasteiger partial charge in [0.25, 0.3) is 0 Å². The Kier molecular flexibility index (Phi) is 2.17. The van der Waals surface area contributed by atoms with E-state index in [0.717, 1.165) is 0 Å². The zero-order valence-electron chi connectivity index (χ0n) is 3.41. The second-order valence-electron chi connectivity index (χ2n) is 0.954. The van der Waals surface area contributed by atoms with Gasteiger partial charge in [0, 0.05) is 0 Å². The summed E-state index contributed by atoms with van der Waals surface area (Å²) in [6.45, 7) is 0. The molecule has 49 valence electrons. The van der Waals surface area contributed by atoms with Crippen LogP contribution in [0.15, 0.2) is 0 Å². The van der Waals surface area contributed by atoms with E-state index >= 15 is 0 Å². The summed E-state index contributed by atoms with van der Waals surface area (Å²) in [5, 5.41) is 8.68. The second-order valence-corrected chi connectivity index (χ2v) is 0.954. The smallest absolute Gasteiger partial charge is 0.202 e. The first-order valence-electron chi connectivity index (χ1n) is 1.48. The minimum atomic E-state index is -5.19. The Balaban J connectivity index is 3.62. The van der Waals surface area contributed by atoms with Crippen LogP contribution in [0.5, 0.6) is 0 Å². The van der Waals surface area contributed by atoms with Gasteiger partial charge < -0.3 is 0 Å². The van der Waals surface area contributed by atoms with Crippen molar-refractivity contribution in [1.82, 2.24) is 0 Å². The van der Waals surface area contributed by atoms with Crippen molar-refractivity contribution in [3.05, 3.63) is 0 Å². The van der Waals surface area contributed by atoms with Crippen molar-refractivity contribution >= 4 is 0 Å². The molecule has 8 heavy (non-hydrogen) atoms. The highest BCUT2D eigenvalue weighted by atomic mass is 19.4. The summed E-state index contributed by atoms with van der Waals surface area (Å²) >= 11 is 0. The van der Waals surface area contributed by atoms with E-state index in [1.165, 1.54) is 0 Å². The highest BCUT2D eigenvalue weighted by Crippen LogP contribution is 2.22. The van der Waals surface area contributed by atoms with E-state index in [4.69, 9.17) is 5.26 Å². The molecule has 6 heteroatoms. The number of rotatable bonds is 1. The zero-order chi connectivity index (χ0) is 6.78. The molecule has 0 saturated heterocycles. The molecule has 0 spiro atoms. The van der Waals surface area contributed by atoms with Gasteiger partial charge >= 0.3 is 12.5 Å². The van der Waals surface area contributed by atoms with Gasteiger partial charge in [0.05, 0.1) is 0 Å². The summed E-state index contributed by atoms with van der Waals surface area (Å²) in [4.78, 5) is 2.07. The van der Waals surface area contributed by atoms with Gasteiger partial charge in [-0.2, -0.15) is 18.1 Å². The van der Waals surface area contributed by atoms with Crippen LogP contribution >= 0.6 is 0 Å². The first kappa shape index (κ1) is 7.64. The van der Waals surface area contributed by atoms with Crippen LogP contribution in [0.4, 0.5) is 17.6 Å². The largest absolute Gasteiger partial charge is 0.448 e. The summed E-state index contributed by atoms with van der Waals surface area (Å²) in [6, 6.07) is 0. The molecule has 0 fully saturated rings. The summed E-state index contributed by atoms with van der Waals surface area (Å²) in [6.07, 6.45) is -8.90. The zero-order valence-corrected chi connectivity index (χ0v) is 3.41. The fourth-order valence-electron chi connectivity index (χ4n) is 0.0546. The molecule has 2 nitrogen and oxygen atoms in total. The molecule has 1 radical (unpaired) electrons. The Bertz CT molecular complexity index is 68.9. The highest BCUT2D eigenvalue weighted by molar-refractivity contribution is 4.49. The van der Waals surface area contributed by atoms with Crippen LogP contribution in [0.2, 0.25) is 0 Å². The third kappa shape index (κ3) is 2.08. The van der Waals surface area contributed by atoms with Crippen LogP contribution < -0.4 is 0 Å². The van der Waals surface area contributed by atoms with Crippen LogP contribution in [0.1, 0.15) is 0 Å². The second kappa shape index (κ2) is 2.27. The van der Waals surface area contributed by atoms with E-state index in [2.05, 4.69) is 4.89 Å². The van der Waals surface area contributed by atoms with Gasteiger partial charge in [0.2, 0.25) is 0 Å². The van der Waals surface area contributed by atoms with Gasteiger partial charge in [-0.15, -0.1) is 0 Å². The van der Waals surface area contributed by atoms with E-state index in [9.17, 15) is 17.6 Å². The Hall–Kier alpha value is -0.360. The van der Waals surface area contributed by atoms with E-state index in [1.807, 2.05) is 0 Å². The molecule has 0 bridgehead atoms. The highest BCUT2D eigenvalue weighted by Gasteiger charge is 2.42. The lowest BCUT2D eigenvalue weighted by molar-refractivity contribution is -0.420. The first-order chi connectivity index (χ1) is 3.48. The summed E-state index contributed by atoms with van der Waals surface area (Å²) in [5.41, 5.74) is 0. The minimum Gasteiger partial charge on any atom is -0.202 e. The predicted molar refractivity (Wildman–Crippen MR) is 12.7 cm³/mol. The molecule has 0 aliphatic heterocycles. The van der Waals surface area contributed by atoms with Gasteiger partial charge in [-0.3, -0.25) is 0 Å². The van der Waals surface area contributed by atoms with Crippen LogP contribution in [-0.2, 0) is 10.1 Å². The monoisotopic (exact) mass is 133 g/mol. The molecule has 0 N–H and O–H groups in total. The molecule has 0 aromatic carbocycles. The Morgan fingerprint density at radius 1 is 1.38 bits per heavy atom. The predicted octanol–water partition coefficient (Wildman–Crippen LogP) is 1.21. The molecule has 0 heterocycles. The van der Waals surface area contributed by atoms with Gasteiger partial charge in [0.1, 0.15) is 0 Å². The maximum absolute atomic E-state index is 11.0. The Morgan fingerprint density at radius 2 is 1.75 bits per heavy atom. The molecule has 0 aromatic rings. The first-order valence-corrected chi connectivity index (χ1v) is 1.48. The standard InChI is InChI=1S/C2HF4O2/c3-1(8-7)2(4,5)6/h1H. The van der Waals surface area contributed by atoms with Gasteiger partial charge in [0.15, 0.2) is 0 Å². The van der Waals surface area contributed by atoms with Crippen molar-refractivity contribution < 1.29 is 27.7 Å². The summed E-state index contributed by atoms with van der Waals surface area (Å²) in [7, 11) is 0. The molecule has 0 amide bonds. The normalized spacial score (nSPS) is 16.1. The Morgan fingerprint density at radius 3 is 1.75 bits per heavy atom. The van der Waals surface area contributed by atoms with Crippen molar-refractivity contribution in [2.45, 2.75) is 12.5 Å². The van der Waals surface area contributed by atoms with Gasteiger partial charge in [-0.25, -0.2) is 4.39 Å². The van der Waals surface area contributed by atoms with E-state index in [1.54, 1.807) is 0 Å². The molecular formula is C2HF4O2. The number of alkyl halides is 4. The lowest BCUT2D eigenvalue weighted by atomic mass is 10.7.